The van der Waals surface area contributed by atoms with Crippen molar-refractivity contribution < 1.29 is 9.47 Å². The van der Waals surface area contributed by atoms with Crippen molar-refractivity contribution in [3.05, 3.63) is 125 Å². The fourth-order valence-electron chi connectivity index (χ4n) is 4.95. The van der Waals surface area contributed by atoms with Gasteiger partial charge in [-0.2, -0.15) is 0 Å². The first-order valence-electron chi connectivity index (χ1n) is 12.5. The number of hydrogen-bond donors (Lipinski definition) is 0. The summed E-state index contributed by atoms with van der Waals surface area (Å²) < 4.78 is 13.6. The van der Waals surface area contributed by atoms with E-state index in [4.69, 9.17) is 9.47 Å². The van der Waals surface area contributed by atoms with E-state index in [-0.39, 0.29) is 0 Å². The molecular weight excluding hydrogens is 444 g/mol. The number of hydrogen-bond acceptors (Lipinski definition) is 4. The molecule has 0 spiro atoms. The highest BCUT2D eigenvalue weighted by molar-refractivity contribution is 5.60. The molecule has 4 nitrogen and oxygen atoms in total. The standard InChI is InChI=1S/C32H34N2O2/c1-33(2)27-16-10-14-25(22-27)32(26-15-11-17-28(23-26)34(3)4)29-18-8-9-19-30(29)35-31(36-32)21-20-24-12-6-5-7-13-24/h5-19,22-23,31H,20-21H2,1-4H3. The second-order valence-corrected chi connectivity index (χ2v) is 9.76. The molecule has 0 N–H and O–H groups in total. The van der Waals surface area contributed by atoms with Crippen LogP contribution in [0.3, 0.4) is 0 Å². The van der Waals surface area contributed by atoms with Gasteiger partial charge >= 0.3 is 0 Å². The quantitative estimate of drug-likeness (QED) is 0.304. The average Bonchev–Trinajstić information content (AvgIpc) is 2.92. The van der Waals surface area contributed by atoms with Gasteiger partial charge in [-0.25, -0.2) is 0 Å². The maximum Gasteiger partial charge on any atom is 0.201 e. The fourth-order valence-corrected chi connectivity index (χ4v) is 4.95. The van der Waals surface area contributed by atoms with Crippen LogP contribution >= 0.6 is 0 Å². The Morgan fingerprint density at radius 1 is 0.667 bits per heavy atom. The minimum atomic E-state index is -0.811. The Hall–Kier alpha value is -3.76. The fraction of sp³-hybridized carbons (Fsp3) is 0.250. The van der Waals surface area contributed by atoms with Gasteiger partial charge in [-0.05, 0) is 53.4 Å². The molecule has 1 atom stereocenters. The average molecular weight is 479 g/mol. The van der Waals surface area contributed by atoms with Crippen LogP contribution in [-0.2, 0) is 16.8 Å². The Labute approximate surface area is 214 Å². The van der Waals surface area contributed by atoms with E-state index in [1.54, 1.807) is 0 Å². The van der Waals surface area contributed by atoms with E-state index in [1.807, 2.05) is 12.1 Å². The van der Waals surface area contributed by atoms with Gasteiger partial charge in [-0.1, -0.05) is 72.8 Å². The number of nitrogens with zero attached hydrogens (tertiary/aromatic N) is 2. The van der Waals surface area contributed by atoms with E-state index in [9.17, 15) is 0 Å². The summed E-state index contributed by atoms with van der Waals surface area (Å²) in [5, 5.41) is 0. The molecule has 0 fully saturated rings. The van der Waals surface area contributed by atoms with Crippen LogP contribution < -0.4 is 14.5 Å². The number of anilines is 2. The lowest BCUT2D eigenvalue weighted by atomic mass is 9.78. The van der Waals surface area contributed by atoms with E-state index in [0.29, 0.717) is 0 Å². The van der Waals surface area contributed by atoms with Crippen molar-refractivity contribution >= 4 is 11.4 Å². The number of fused-ring (bicyclic) bond motifs is 1. The van der Waals surface area contributed by atoms with Crippen LogP contribution in [0.4, 0.5) is 11.4 Å². The third-order valence-corrected chi connectivity index (χ3v) is 6.88. The molecule has 36 heavy (non-hydrogen) atoms. The van der Waals surface area contributed by atoms with Gasteiger partial charge in [0.05, 0.1) is 0 Å². The van der Waals surface area contributed by atoms with Gasteiger partial charge in [0.1, 0.15) is 5.75 Å². The summed E-state index contributed by atoms with van der Waals surface area (Å²) in [5.41, 5.74) is 5.92. The maximum atomic E-state index is 7.10. The molecule has 0 radical (unpaired) electrons. The lowest BCUT2D eigenvalue weighted by Crippen LogP contribution is -2.43. The molecule has 1 heterocycles. The van der Waals surface area contributed by atoms with Gasteiger partial charge in [0.15, 0.2) is 5.60 Å². The number of para-hydroxylation sites is 1. The van der Waals surface area contributed by atoms with Gasteiger partial charge in [0.25, 0.3) is 0 Å². The zero-order chi connectivity index (χ0) is 25.1. The van der Waals surface area contributed by atoms with Gasteiger partial charge < -0.3 is 19.3 Å². The molecule has 4 heteroatoms. The van der Waals surface area contributed by atoms with Crippen molar-refractivity contribution in [3.63, 3.8) is 0 Å². The van der Waals surface area contributed by atoms with E-state index >= 15 is 0 Å². The molecule has 0 amide bonds. The van der Waals surface area contributed by atoms with E-state index in [1.165, 1.54) is 5.56 Å². The highest BCUT2D eigenvalue weighted by atomic mass is 16.7. The number of ether oxygens (including phenoxy) is 2. The summed E-state index contributed by atoms with van der Waals surface area (Å²) in [4.78, 5) is 4.26. The number of rotatable bonds is 7. The van der Waals surface area contributed by atoms with Crippen molar-refractivity contribution in [2.75, 3.05) is 38.0 Å². The van der Waals surface area contributed by atoms with Gasteiger partial charge in [0, 0.05) is 51.5 Å². The molecule has 0 saturated heterocycles. The largest absolute Gasteiger partial charge is 0.464 e. The molecule has 0 saturated carbocycles. The normalized spacial score (nSPS) is 16.1. The van der Waals surface area contributed by atoms with Crippen molar-refractivity contribution in [2.24, 2.45) is 0 Å². The zero-order valence-corrected chi connectivity index (χ0v) is 21.5. The van der Waals surface area contributed by atoms with Crippen LogP contribution in [0, 0.1) is 0 Å². The summed E-state index contributed by atoms with van der Waals surface area (Å²) in [7, 11) is 8.28. The van der Waals surface area contributed by atoms with Gasteiger partial charge in [0.2, 0.25) is 6.29 Å². The number of aryl methyl sites for hydroxylation is 1. The Morgan fingerprint density at radius 3 is 1.86 bits per heavy atom. The highest BCUT2D eigenvalue weighted by Gasteiger charge is 2.46. The van der Waals surface area contributed by atoms with Gasteiger partial charge in [-0.15, -0.1) is 0 Å². The second-order valence-electron chi connectivity index (χ2n) is 9.76. The summed E-state index contributed by atoms with van der Waals surface area (Å²) >= 11 is 0. The minimum absolute atomic E-state index is 0.397. The predicted octanol–water partition coefficient (Wildman–Crippen LogP) is 6.48. The summed E-state index contributed by atoms with van der Waals surface area (Å²) in [5.74, 6) is 0.868. The first kappa shape index (κ1) is 24.0. The van der Waals surface area contributed by atoms with Crippen LogP contribution in [0.15, 0.2) is 103 Å². The van der Waals surface area contributed by atoms with Crippen LogP contribution in [0.1, 0.15) is 28.7 Å². The van der Waals surface area contributed by atoms with Crippen molar-refractivity contribution in [2.45, 2.75) is 24.7 Å². The summed E-state index contributed by atoms with van der Waals surface area (Å²) in [6.45, 7) is 0. The molecule has 4 aromatic rings. The Balaban J connectivity index is 1.68. The summed E-state index contributed by atoms with van der Waals surface area (Å²) in [6, 6.07) is 36.1. The minimum Gasteiger partial charge on any atom is -0.464 e. The van der Waals surface area contributed by atoms with Crippen molar-refractivity contribution in [3.8, 4) is 5.75 Å². The lowest BCUT2D eigenvalue weighted by Gasteiger charge is -2.44. The molecule has 184 valence electrons. The van der Waals surface area contributed by atoms with Gasteiger partial charge in [-0.3, -0.25) is 0 Å². The third-order valence-electron chi connectivity index (χ3n) is 6.88. The SMILES string of the molecule is CN(C)c1cccc(C2(c3cccc(N(C)C)c3)OC(CCc3ccccc3)Oc3ccccc32)c1. The number of benzene rings is 4. The lowest BCUT2D eigenvalue weighted by molar-refractivity contribution is -0.165. The Bertz CT molecular complexity index is 1270. The zero-order valence-electron chi connectivity index (χ0n) is 21.5. The molecule has 1 unspecified atom stereocenters. The maximum absolute atomic E-state index is 7.10. The summed E-state index contributed by atoms with van der Waals surface area (Å²) in [6.07, 6.45) is 1.23. The van der Waals surface area contributed by atoms with Crippen molar-refractivity contribution in [1.29, 1.82) is 0 Å². The molecule has 5 rings (SSSR count). The van der Waals surface area contributed by atoms with E-state index in [2.05, 4.69) is 129 Å². The molecule has 0 aromatic heterocycles. The van der Waals surface area contributed by atoms with E-state index in [0.717, 1.165) is 46.7 Å². The molecule has 4 aromatic carbocycles. The smallest absolute Gasteiger partial charge is 0.201 e. The van der Waals surface area contributed by atoms with Crippen LogP contribution in [-0.4, -0.2) is 34.5 Å². The Kier molecular flexibility index (Phi) is 6.71. The second kappa shape index (κ2) is 10.1. The molecular formula is C32H34N2O2. The Morgan fingerprint density at radius 2 is 1.25 bits per heavy atom. The molecule has 0 bridgehead atoms. The molecule has 1 aliphatic heterocycles. The highest BCUT2D eigenvalue weighted by Crippen LogP contribution is 2.49. The topological polar surface area (TPSA) is 24.9 Å². The first-order valence-corrected chi connectivity index (χ1v) is 12.5. The van der Waals surface area contributed by atoms with E-state index < -0.39 is 11.9 Å². The molecule has 1 aliphatic rings. The molecule has 0 aliphatic carbocycles. The third kappa shape index (κ3) is 4.57. The van der Waals surface area contributed by atoms with Crippen LogP contribution in [0.2, 0.25) is 0 Å². The van der Waals surface area contributed by atoms with Crippen molar-refractivity contribution in [1.82, 2.24) is 0 Å². The monoisotopic (exact) mass is 478 g/mol. The van der Waals surface area contributed by atoms with Crippen LogP contribution in [0.25, 0.3) is 0 Å². The van der Waals surface area contributed by atoms with Crippen LogP contribution in [0.5, 0.6) is 5.75 Å². The predicted molar refractivity (Wildman–Crippen MR) is 148 cm³/mol. The first-order chi connectivity index (χ1) is 17.5.